The first-order chi connectivity index (χ1) is 14.1. The van der Waals surface area contributed by atoms with E-state index in [2.05, 4.69) is 21.6 Å². The quantitative estimate of drug-likeness (QED) is 0.526. The molecule has 0 unspecified atom stereocenters. The number of anilines is 1. The monoisotopic (exact) mass is 382 g/mol. The van der Waals surface area contributed by atoms with Crippen LogP contribution in [0.1, 0.15) is 18.1 Å². The lowest BCUT2D eigenvalue weighted by Crippen LogP contribution is -2.05. The molecular formula is C23H18N4O2. The van der Waals surface area contributed by atoms with Crippen molar-refractivity contribution in [3.8, 4) is 23.1 Å². The third-order valence-electron chi connectivity index (χ3n) is 4.48. The number of nitrogens with zero attached hydrogens (tertiary/aromatic N) is 2. The summed E-state index contributed by atoms with van der Waals surface area (Å²) in [5, 5.41) is 20.5. The fraction of sp³-hybridized carbons (Fsp3) is 0.0870. The zero-order valence-electron chi connectivity index (χ0n) is 15.8. The van der Waals surface area contributed by atoms with Crippen LogP contribution in [0.3, 0.4) is 0 Å². The zero-order valence-corrected chi connectivity index (χ0v) is 15.8. The number of hydrogen-bond donors (Lipinski definition) is 2. The van der Waals surface area contributed by atoms with E-state index in [1.165, 1.54) is 6.92 Å². The molecule has 29 heavy (non-hydrogen) atoms. The summed E-state index contributed by atoms with van der Waals surface area (Å²) < 4.78 is 5.94. The smallest absolute Gasteiger partial charge is 0.221 e. The second-order valence-corrected chi connectivity index (χ2v) is 6.61. The summed E-state index contributed by atoms with van der Waals surface area (Å²) in [6.45, 7) is 1.84. The predicted molar refractivity (Wildman–Crippen MR) is 111 cm³/mol. The lowest BCUT2D eigenvalue weighted by atomic mass is 10.0. The number of fused-ring (bicyclic) bond motifs is 1. The normalized spacial score (nSPS) is 10.5. The summed E-state index contributed by atoms with van der Waals surface area (Å²) in [6, 6.07) is 23.0. The Morgan fingerprint density at radius 2 is 1.97 bits per heavy atom. The van der Waals surface area contributed by atoms with E-state index in [1.807, 2.05) is 60.7 Å². The third kappa shape index (κ3) is 3.94. The predicted octanol–water partition coefficient (Wildman–Crippen LogP) is 4.64. The van der Waals surface area contributed by atoms with E-state index in [0.29, 0.717) is 23.6 Å². The lowest BCUT2D eigenvalue weighted by Gasteiger charge is -2.09. The van der Waals surface area contributed by atoms with Crippen LogP contribution < -0.4 is 10.1 Å². The van der Waals surface area contributed by atoms with Crippen LogP contribution in [0.15, 0.2) is 66.7 Å². The SMILES string of the molecule is CC(=O)Nc1cccc(-c2n[nH]c3cc(C#N)c(OCc4ccccc4)cc23)c1. The summed E-state index contributed by atoms with van der Waals surface area (Å²) in [6.07, 6.45) is 0. The van der Waals surface area contributed by atoms with E-state index in [1.54, 1.807) is 6.07 Å². The molecule has 0 fully saturated rings. The molecule has 4 rings (SSSR count). The standard InChI is InChI=1S/C23H18N4O2/c1-15(28)25-19-9-5-8-17(10-19)23-20-12-22(18(13-24)11-21(20)26-27-23)29-14-16-6-3-2-4-7-16/h2-12H,14H2,1H3,(H,25,28)(H,26,27). The van der Waals surface area contributed by atoms with Crippen molar-refractivity contribution >= 4 is 22.5 Å². The molecule has 6 nitrogen and oxygen atoms in total. The fourth-order valence-corrected chi connectivity index (χ4v) is 3.15. The molecular weight excluding hydrogens is 364 g/mol. The van der Waals surface area contributed by atoms with Crippen molar-refractivity contribution in [1.82, 2.24) is 10.2 Å². The Morgan fingerprint density at radius 1 is 1.14 bits per heavy atom. The van der Waals surface area contributed by atoms with E-state index >= 15 is 0 Å². The average Bonchev–Trinajstić information content (AvgIpc) is 3.14. The number of aromatic amines is 1. The molecule has 0 saturated carbocycles. The van der Waals surface area contributed by atoms with Crippen LogP contribution in [0.2, 0.25) is 0 Å². The maximum absolute atomic E-state index is 11.3. The van der Waals surface area contributed by atoms with Gasteiger partial charge in [-0.15, -0.1) is 0 Å². The Balaban J connectivity index is 1.72. The largest absolute Gasteiger partial charge is 0.487 e. The number of amides is 1. The van der Waals surface area contributed by atoms with Crippen LogP contribution in [0, 0.1) is 11.3 Å². The number of ether oxygens (including phenoxy) is 1. The Bertz CT molecular complexity index is 1220. The van der Waals surface area contributed by atoms with Crippen LogP contribution in [0.4, 0.5) is 5.69 Å². The van der Waals surface area contributed by atoms with E-state index in [-0.39, 0.29) is 5.91 Å². The second kappa shape index (κ2) is 7.87. The van der Waals surface area contributed by atoms with Crippen molar-refractivity contribution < 1.29 is 9.53 Å². The summed E-state index contributed by atoms with van der Waals surface area (Å²) >= 11 is 0. The molecule has 3 aromatic carbocycles. The van der Waals surface area contributed by atoms with Crippen LogP contribution in [-0.4, -0.2) is 16.1 Å². The molecule has 0 aliphatic rings. The number of nitrogens with one attached hydrogen (secondary N) is 2. The summed E-state index contributed by atoms with van der Waals surface area (Å²) in [5.74, 6) is 0.369. The summed E-state index contributed by atoms with van der Waals surface area (Å²) in [4.78, 5) is 11.3. The van der Waals surface area contributed by atoms with Crippen LogP contribution >= 0.6 is 0 Å². The first kappa shape index (κ1) is 18.3. The molecule has 4 aromatic rings. The van der Waals surface area contributed by atoms with Crippen molar-refractivity contribution in [2.45, 2.75) is 13.5 Å². The molecule has 6 heteroatoms. The minimum atomic E-state index is -0.135. The Labute approximate surface area is 167 Å². The van der Waals surface area contributed by atoms with Crippen LogP contribution in [0.5, 0.6) is 5.75 Å². The molecule has 1 heterocycles. The second-order valence-electron chi connectivity index (χ2n) is 6.61. The van der Waals surface area contributed by atoms with Gasteiger partial charge in [0, 0.05) is 23.6 Å². The number of hydrogen-bond acceptors (Lipinski definition) is 4. The molecule has 142 valence electrons. The molecule has 1 aromatic heterocycles. The van der Waals surface area contributed by atoms with E-state index in [0.717, 1.165) is 27.7 Å². The highest BCUT2D eigenvalue weighted by molar-refractivity contribution is 5.96. The molecule has 1 amide bonds. The molecule has 0 spiro atoms. The van der Waals surface area contributed by atoms with Gasteiger partial charge < -0.3 is 10.1 Å². The van der Waals surface area contributed by atoms with Gasteiger partial charge in [-0.05, 0) is 29.8 Å². The van der Waals surface area contributed by atoms with Gasteiger partial charge in [-0.25, -0.2) is 0 Å². The average molecular weight is 382 g/mol. The number of carbonyl (C=O) groups is 1. The van der Waals surface area contributed by atoms with Crippen LogP contribution in [0.25, 0.3) is 22.2 Å². The Kier molecular flexibility index (Phi) is 4.95. The molecule has 0 atom stereocenters. The molecule has 0 aliphatic carbocycles. The molecule has 0 aliphatic heterocycles. The van der Waals surface area contributed by atoms with E-state index in [4.69, 9.17) is 4.74 Å². The maximum Gasteiger partial charge on any atom is 0.221 e. The van der Waals surface area contributed by atoms with Gasteiger partial charge in [0.2, 0.25) is 5.91 Å². The third-order valence-corrected chi connectivity index (χ3v) is 4.48. The summed E-state index contributed by atoms with van der Waals surface area (Å²) in [7, 11) is 0. The van der Waals surface area contributed by atoms with Gasteiger partial charge in [-0.1, -0.05) is 42.5 Å². The Morgan fingerprint density at radius 3 is 2.72 bits per heavy atom. The number of aromatic nitrogens is 2. The van der Waals surface area contributed by atoms with Crippen molar-refractivity contribution in [1.29, 1.82) is 5.26 Å². The lowest BCUT2D eigenvalue weighted by molar-refractivity contribution is -0.114. The highest BCUT2D eigenvalue weighted by atomic mass is 16.5. The van der Waals surface area contributed by atoms with Crippen LogP contribution in [-0.2, 0) is 11.4 Å². The van der Waals surface area contributed by atoms with Crippen molar-refractivity contribution in [2.75, 3.05) is 5.32 Å². The molecule has 0 saturated heterocycles. The van der Waals surface area contributed by atoms with Crippen molar-refractivity contribution in [3.05, 3.63) is 77.9 Å². The molecule has 2 N–H and O–H groups in total. The number of benzene rings is 3. The van der Waals surface area contributed by atoms with Gasteiger partial charge >= 0.3 is 0 Å². The van der Waals surface area contributed by atoms with E-state index < -0.39 is 0 Å². The van der Waals surface area contributed by atoms with Gasteiger partial charge in [0.15, 0.2) is 0 Å². The number of H-pyrrole nitrogens is 1. The Hall–Kier alpha value is -4.11. The van der Waals surface area contributed by atoms with E-state index in [9.17, 15) is 10.1 Å². The fourth-order valence-electron chi connectivity index (χ4n) is 3.15. The van der Waals surface area contributed by atoms with Crippen molar-refractivity contribution in [3.63, 3.8) is 0 Å². The minimum Gasteiger partial charge on any atom is -0.487 e. The highest BCUT2D eigenvalue weighted by Gasteiger charge is 2.14. The number of rotatable bonds is 5. The molecule has 0 bridgehead atoms. The van der Waals surface area contributed by atoms with Gasteiger partial charge in [0.25, 0.3) is 0 Å². The number of nitriles is 1. The van der Waals surface area contributed by atoms with Crippen molar-refractivity contribution in [2.24, 2.45) is 0 Å². The topological polar surface area (TPSA) is 90.8 Å². The zero-order chi connectivity index (χ0) is 20.2. The van der Waals surface area contributed by atoms with Gasteiger partial charge in [-0.3, -0.25) is 9.89 Å². The van der Waals surface area contributed by atoms with Gasteiger partial charge in [-0.2, -0.15) is 10.4 Å². The first-order valence-corrected chi connectivity index (χ1v) is 9.11. The minimum absolute atomic E-state index is 0.135. The highest BCUT2D eigenvalue weighted by Crippen LogP contribution is 2.33. The first-order valence-electron chi connectivity index (χ1n) is 9.11. The van der Waals surface area contributed by atoms with Gasteiger partial charge in [0.05, 0.1) is 11.1 Å². The molecule has 0 radical (unpaired) electrons. The maximum atomic E-state index is 11.3. The number of carbonyl (C=O) groups excluding carboxylic acids is 1. The summed E-state index contributed by atoms with van der Waals surface area (Å²) in [5.41, 5.74) is 4.47. The van der Waals surface area contributed by atoms with Gasteiger partial charge in [0.1, 0.15) is 24.1 Å².